The van der Waals surface area contributed by atoms with Crippen molar-refractivity contribution in [2.75, 3.05) is 26.1 Å². The maximum Gasteiger partial charge on any atom is 0.293 e. The summed E-state index contributed by atoms with van der Waals surface area (Å²) in [6.45, 7) is 1.86. The van der Waals surface area contributed by atoms with Gasteiger partial charge in [0.25, 0.3) is 11.8 Å². The number of hydrogen-bond donors (Lipinski definition) is 3. The zero-order chi connectivity index (χ0) is 23.8. The van der Waals surface area contributed by atoms with E-state index in [0.29, 0.717) is 23.7 Å². The van der Waals surface area contributed by atoms with Crippen LogP contribution in [0.15, 0.2) is 27.9 Å². The molecule has 0 unspecified atom stereocenters. The number of nitrogens with two attached hydrogens (primary N) is 2. The summed E-state index contributed by atoms with van der Waals surface area (Å²) < 4.78 is 21.7. The molecule has 33 heavy (non-hydrogen) atoms. The highest BCUT2D eigenvalue weighted by atomic mass is 16.6. The number of methoxy groups -OCH3 is 1. The highest BCUT2D eigenvalue weighted by molar-refractivity contribution is 5.94. The van der Waals surface area contributed by atoms with Gasteiger partial charge in [0.2, 0.25) is 11.6 Å². The van der Waals surface area contributed by atoms with Crippen LogP contribution in [0, 0.1) is 0 Å². The predicted octanol–water partition coefficient (Wildman–Crippen LogP) is -0.594. The van der Waals surface area contributed by atoms with Gasteiger partial charge in [0.15, 0.2) is 23.8 Å². The molecule has 0 atom stereocenters. The number of nitrogen functional groups attached to an aromatic ring is 1. The van der Waals surface area contributed by atoms with Gasteiger partial charge in [-0.3, -0.25) is 9.59 Å². The number of benzene rings is 1. The van der Waals surface area contributed by atoms with Gasteiger partial charge in [-0.2, -0.15) is 9.78 Å². The Morgan fingerprint density at radius 3 is 2.76 bits per heavy atom. The van der Waals surface area contributed by atoms with E-state index >= 15 is 0 Å². The molecule has 174 valence electrons. The van der Waals surface area contributed by atoms with Crippen LogP contribution in [-0.2, 0) is 16.1 Å². The van der Waals surface area contributed by atoms with Crippen LogP contribution in [0.25, 0.3) is 5.82 Å². The van der Waals surface area contributed by atoms with Crippen molar-refractivity contribution in [1.82, 2.24) is 30.7 Å². The maximum atomic E-state index is 12.6. The molecule has 2 heterocycles. The van der Waals surface area contributed by atoms with E-state index in [1.807, 2.05) is 0 Å². The number of ether oxygens (including phenoxy) is 3. The van der Waals surface area contributed by atoms with Crippen molar-refractivity contribution < 1.29 is 28.4 Å². The van der Waals surface area contributed by atoms with Crippen molar-refractivity contribution in [3.8, 4) is 17.3 Å². The average Bonchev–Trinajstić information content (AvgIpc) is 3.39. The number of amides is 2. The van der Waals surface area contributed by atoms with Crippen LogP contribution in [0.1, 0.15) is 28.7 Å². The minimum Gasteiger partial charge on any atom is -0.490 e. The molecule has 0 saturated heterocycles. The standard InChI is InChI=1S/C18H21N9O6/c1-3-31-13-6-10(4-5-12(13)32-9-14(19)28)7-21-23-18(29)15-11(8-30-2)27(26-22-15)17-16(20)24-33-25-17/h4-7H,3,8-9H2,1-2H3,(H2,19,28)(H2,20,24)(H,23,29)/b21-7+. The normalized spacial score (nSPS) is 11.0. The van der Waals surface area contributed by atoms with Crippen molar-refractivity contribution in [2.24, 2.45) is 10.8 Å². The number of nitrogens with zero attached hydrogens (tertiary/aromatic N) is 6. The Hall–Kier alpha value is -4.53. The van der Waals surface area contributed by atoms with E-state index in [1.54, 1.807) is 25.1 Å². The molecule has 2 amide bonds. The van der Waals surface area contributed by atoms with Crippen molar-refractivity contribution in [3.63, 3.8) is 0 Å². The number of nitrogens with one attached hydrogen (secondary N) is 1. The molecule has 0 spiro atoms. The lowest BCUT2D eigenvalue weighted by Gasteiger charge is -2.11. The fourth-order valence-electron chi connectivity index (χ4n) is 2.61. The van der Waals surface area contributed by atoms with Crippen LogP contribution in [0.5, 0.6) is 11.5 Å². The van der Waals surface area contributed by atoms with Gasteiger partial charge in [0.1, 0.15) is 5.69 Å². The first kappa shape index (κ1) is 23.1. The zero-order valence-corrected chi connectivity index (χ0v) is 17.7. The van der Waals surface area contributed by atoms with Gasteiger partial charge in [0, 0.05) is 7.11 Å². The topological polar surface area (TPSA) is 208 Å². The highest BCUT2D eigenvalue weighted by Gasteiger charge is 2.23. The van der Waals surface area contributed by atoms with E-state index in [0.717, 1.165) is 0 Å². The summed E-state index contributed by atoms with van der Waals surface area (Å²) >= 11 is 0. The number of aromatic nitrogens is 5. The molecule has 5 N–H and O–H groups in total. The Bertz CT molecular complexity index is 1160. The second-order valence-corrected chi connectivity index (χ2v) is 6.30. The molecule has 0 saturated carbocycles. The molecule has 15 heteroatoms. The fraction of sp³-hybridized carbons (Fsp3) is 0.278. The van der Waals surface area contributed by atoms with E-state index in [4.69, 9.17) is 25.7 Å². The molecule has 0 bridgehead atoms. The molecule has 0 aliphatic heterocycles. The molecule has 0 radical (unpaired) electrons. The van der Waals surface area contributed by atoms with Crippen molar-refractivity contribution in [3.05, 3.63) is 35.2 Å². The van der Waals surface area contributed by atoms with Crippen LogP contribution in [-0.4, -0.2) is 63.7 Å². The minimum absolute atomic E-state index is 0.0176. The van der Waals surface area contributed by atoms with Crippen LogP contribution in [0.3, 0.4) is 0 Å². The molecule has 2 aromatic heterocycles. The Balaban J connectivity index is 1.75. The van der Waals surface area contributed by atoms with E-state index in [1.165, 1.54) is 18.0 Å². The van der Waals surface area contributed by atoms with E-state index < -0.39 is 11.8 Å². The molecular formula is C18H21N9O6. The summed E-state index contributed by atoms with van der Waals surface area (Å²) in [6.07, 6.45) is 1.39. The number of anilines is 1. The van der Waals surface area contributed by atoms with Gasteiger partial charge in [-0.15, -0.1) is 5.10 Å². The summed E-state index contributed by atoms with van der Waals surface area (Å²) in [5.74, 6) is -0.490. The fourth-order valence-corrected chi connectivity index (χ4v) is 2.61. The van der Waals surface area contributed by atoms with Gasteiger partial charge in [-0.05, 0) is 41.0 Å². The molecule has 3 rings (SSSR count). The first-order chi connectivity index (χ1) is 15.9. The van der Waals surface area contributed by atoms with Crippen LogP contribution < -0.4 is 26.4 Å². The Kier molecular flexibility index (Phi) is 7.48. The molecule has 15 nitrogen and oxygen atoms in total. The zero-order valence-electron chi connectivity index (χ0n) is 17.7. The van der Waals surface area contributed by atoms with Gasteiger partial charge in [0.05, 0.1) is 19.4 Å². The second-order valence-electron chi connectivity index (χ2n) is 6.30. The minimum atomic E-state index is -0.647. The first-order valence-electron chi connectivity index (χ1n) is 9.47. The second kappa shape index (κ2) is 10.7. The first-order valence-corrected chi connectivity index (χ1v) is 9.47. The molecule has 3 aromatic rings. The van der Waals surface area contributed by atoms with Crippen LogP contribution in [0.4, 0.5) is 5.82 Å². The average molecular weight is 459 g/mol. The molecule has 0 aliphatic rings. The van der Waals surface area contributed by atoms with E-state index in [2.05, 4.69) is 35.8 Å². The number of hydrogen-bond acceptors (Lipinski definition) is 12. The third-order valence-electron chi connectivity index (χ3n) is 3.97. The van der Waals surface area contributed by atoms with Crippen LogP contribution >= 0.6 is 0 Å². The number of carbonyl (C=O) groups excluding carboxylic acids is 2. The molecule has 1 aromatic carbocycles. The lowest BCUT2D eigenvalue weighted by atomic mass is 10.2. The van der Waals surface area contributed by atoms with Crippen molar-refractivity contribution in [2.45, 2.75) is 13.5 Å². The van der Waals surface area contributed by atoms with E-state index in [9.17, 15) is 9.59 Å². The van der Waals surface area contributed by atoms with Gasteiger partial charge in [-0.25, -0.2) is 10.1 Å². The van der Waals surface area contributed by atoms with Crippen molar-refractivity contribution in [1.29, 1.82) is 0 Å². The summed E-state index contributed by atoms with van der Waals surface area (Å²) in [5, 5.41) is 18.8. The molecule has 0 aliphatic carbocycles. The summed E-state index contributed by atoms with van der Waals surface area (Å²) in [5.41, 5.74) is 13.9. The summed E-state index contributed by atoms with van der Waals surface area (Å²) in [7, 11) is 1.44. The summed E-state index contributed by atoms with van der Waals surface area (Å²) in [6, 6.07) is 4.87. The highest BCUT2D eigenvalue weighted by Crippen LogP contribution is 2.28. The predicted molar refractivity (Wildman–Crippen MR) is 112 cm³/mol. The van der Waals surface area contributed by atoms with E-state index in [-0.39, 0.29) is 36.2 Å². The Morgan fingerprint density at radius 1 is 1.27 bits per heavy atom. The Labute approximate surface area is 186 Å². The van der Waals surface area contributed by atoms with Crippen LogP contribution in [0.2, 0.25) is 0 Å². The third-order valence-corrected chi connectivity index (χ3v) is 3.97. The SMILES string of the molecule is CCOc1cc(/C=N/NC(=O)c2nnn(-c3nonc3N)c2COC)ccc1OCC(N)=O. The largest absolute Gasteiger partial charge is 0.490 e. The Morgan fingerprint density at radius 2 is 2.09 bits per heavy atom. The number of carbonyl (C=O) groups is 2. The number of primary amides is 1. The van der Waals surface area contributed by atoms with Crippen molar-refractivity contribution >= 4 is 23.8 Å². The summed E-state index contributed by atoms with van der Waals surface area (Å²) in [4.78, 5) is 23.5. The van der Waals surface area contributed by atoms with Gasteiger partial charge in [-0.1, -0.05) is 5.21 Å². The lowest BCUT2D eigenvalue weighted by molar-refractivity contribution is -0.119. The smallest absolute Gasteiger partial charge is 0.293 e. The maximum absolute atomic E-state index is 12.6. The molecular weight excluding hydrogens is 438 g/mol. The monoisotopic (exact) mass is 459 g/mol. The number of rotatable bonds is 11. The van der Waals surface area contributed by atoms with Gasteiger partial charge >= 0.3 is 0 Å². The lowest BCUT2D eigenvalue weighted by Crippen LogP contribution is -2.21. The molecule has 0 fully saturated rings. The third kappa shape index (κ3) is 5.59. The number of hydrazone groups is 1. The quantitative estimate of drug-likeness (QED) is 0.244. The van der Waals surface area contributed by atoms with Gasteiger partial charge < -0.3 is 25.7 Å².